The Bertz CT molecular complexity index is 1300. The molecule has 3 N–H and O–H groups in total. The smallest absolute Gasteiger partial charge is 0.227 e. The number of amides is 1. The molecule has 0 unspecified atom stereocenters. The zero-order chi connectivity index (χ0) is 26.2. The van der Waals surface area contributed by atoms with E-state index in [9.17, 15) is 14.7 Å². The number of benzene rings is 2. The second-order valence-corrected chi connectivity index (χ2v) is 9.96. The van der Waals surface area contributed by atoms with Gasteiger partial charge in [-0.2, -0.15) is 0 Å². The number of aromatic nitrogens is 2. The van der Waals surface area contributed by atoms with Crippen LogP contribution < -0.4 is 10.5 Å². The van der Waals surface area contributed by atoms with Crippen LogP contribution in [0.2, 0.25) is 5.02 Å². The van der Waals surface area contributed by atoms with E-state index in [0.29, 0.717) is 44.9 Å². The molecule has 0 radical (unpaired) electrons. The number of nitrogens with zero attached hydrogens (tertiary/aromatic N) is 3. The Kier molecular flexibility index (Phi) is 9.89. The lowest BCUT2D eigenvalue weighted by Crippen LogP contribution is -2.22. The van der Waals surface area contributed by atoms with E-state index in [1.54, 1.807) is 38.2 Å². The molecular formula is C25H24BrClN4O4S. The van der Waals surface area contributed by atoms with Crippen molar-refractivity contribution < 1.29 is 19.4 Å². The number of para-hydroxylation sites is 1. The number of aliphatic hydroxyl groups is 1. The summed E-state index contributed by atoms with van der Waals surface area (Å²) in [6.45, 7) is 3.31. The molecule has 188 valence electrons. The van der Waals surface area contributed by atoms with Crippen molar-refractivity contribution in [1.82, 2.24) is 14.9 Å². The van der Waals surface area contributed by atoms with Gasteiger partial charge in [0.25, 0.3) is 0 Å². The van der Waals surface area contributed by atoms with E-state index in [0.717, 1.165) is 16.2 Å². The molecular weight excluding hydrogens is 568 g/mol. The summed E-state index contributed by atoms with van der Waals surface area (Å²) in [5, 5.41) is 9.67. The summed E-state index contributed by atoms with van der Waals surface area (Å²) >= 11 is 10.5. The minimum atomic E-state index is -0.355. The average molecular weight is 592 g/mol. The number of hydrogen-bond acceptors (Lipinski definition) is 8. The highest BCUT2D eigenvalue weighted by Gasteiger charge is 2.21. The van der Waals surface area contributed by atoms with E-state index in [2.05, 4.69) is 25.9 Å². The average Bonchev–Trinajstić information content (AvgIpc) is 2.85. The second-order valence-electron chi connectivity index (χ2n) is 7.61. The number of hydrogen-bond donors (Lipinski definition) is 2. The first-order chi connectivity index (χ1) is 17.2. The molecule has 3 aromatic rings. The third kappa shape index (κ3) is 7.07. The maximum atomic E-state index is 13.4. The van der Waals surface area contributed by atoms with E-state index < -0.39 is 0 Å². The number of thioether (sulfide) groups is 1. The normalized spacial score (nSPS) is 11.6. The fraction of sp³-hybridized carbons (Fsp3) is 0.200. The Morgan fingerprint density at radius 1 is 1.28 bits per heavy atom. The van der Waals surface area contributed by atoms with Crippen molar-refractivity contribution in [2.45, 2.75) is 26.8 Å². The monoisotopic (exact) mass is 590 g/mol. The first kappa shape index (κ1) is 27.7. The molecule has 0 spiro atoms. The number of halogens is 2. The molecule has 8 nitrogen and oxygen atoms in total. The lowest BCUT2D eigenvalue weighted by atomic mass is 10.2. The third-order valence-corrected chi connectivity index (χ3v) is 7.14. The summed E-state index contributed by atoms with van der Waals surface area (Å²) in [7, 11) is 0. The molecule has 0 bridgehead atoms. The third-order valence-electron chi connectivity index (χ3n) is 5.09. The quantitative estimate of drug-likeness (QED) is 0.287. The summed E-state index contributed by atoms with van der Waals surface area (Å²) < 4.78 is 6.72. The Morgan fingerprint density at radius 2 is 2.03 bits per heavy atom. The first-order valence-corrected chi connectivity index (χ1v) is 12.8. The highest BCUT2D eigenvalue weighted by atomic mass is 79.9. The van der Waals surface area contributed by atoms with Gasteiger partial charge in [-0.05, 0) is 71.9 Å². The summed E-state index contributed by atoms with van der Waals surface area (Å²) in [5.74, 6) is 1.64. The van der Waals surface area contributed by atoms with Crippen molar-refractivity contribution in [2.75, 3.05) is 12.3 Å². The molecule has 2 aromatic carbocycles. The molecule has 36 heavy (non-hydrogen) atoms. The van der Waals surface area contributed by atoms with Crippen molar-refractivity contribution in [2.24, 2.45) is 0 Å². The van der Waals surface area contributed by atoms with Crippen molar-refractivity contribution in [3.63, 3.8) is 0 Å². The Balaban J connectivity index is 1.91. The van der Waals surface area contributed by atoms with Gasteiger partial charge in [-0.1, -0.05) is 23.7 Å². The number of carbonyl (C=O) groups excluding carboxylic acids is 2. The van der Waals surface area contributed by atoms with Crippen LogP contribution in [-0.2, 0) is 11.3 Å². The van der Waals surface area contributed by atoms with Gasteiger partial charge in [0.2, 0.25) is 11.5 Å². The highest BCUT2D eigenvalue weighted by Crippen LogP contribution is 2.37. The van der Waals surface area contributed by atoms with Gasteiger partial charge in [0.1, 0.15) is 23.1 Å². The molecule has 0 aliphatic carbocycles. The number of anilines is 1. The van der Waals surface area contributed by atoms with E-state index >= 15 is 0 Å². The molecule has 3 rings (SSSR count). The minimum absolute atomic E-state index is 0.110. The molecule has 1 aromatic heterocycles. The number of allylic oxidation sites excluding steroid dienone is 1. The highest BCUT2D eigenvalue weighted by molar-refractivity contribution is 9.10. The molecule has 0 fully saturated rings. The van der Waals surface area contributed by atoms with Gasteiger partial charge in [0.05, 0.1) is 16.6 Å². The van der Waals surface area contributed by atoms with E-state index in [1.165, 1.54) is 11.0 Å². The van der Waals surface area contributed by atoms with E-state index in [1.807, 2.05) is 18.2 Å². The van der Waals surface area contributed by atoms with Crippen LogP contribution >= 0.6 is 39.3 Å². The maximum absolute atomic E-state index is 13.4. The first-order valence-electron chi connectivity index (χ1n) is 10.8. The zero-order valence-electron chi connectivity index (χ0n) is 19.6. The van der Waals surface area contributed by atoms with E-state index in [-0.39, 0.29) is 36.1 Å². The lowest BCUT2D eigenvalue weighted by molar-refractivity contribution is -0.116. The van der Waals surface area contributed by atoms with Crippen molar-refractivity contribution in [1.29, 1.82) is 0 Å². The molecule has 0 aliphatic rings. The molecule has 0 saturated carbocycles. The predicted molar refractivity (Wildman–Crippen MR) is 145 cm³/mol. The van der Waals surface area contributed by atoms with Crippen LogP contribution in [0.25, 0.3) is 0 Å². The fourth-order valence-corrected chi connectivity index (χ4v) is 4.67. The summed E-state index contributed by atoms with van der Waals surface area (Å²) in [5.41, 5.74) is 7.29. The molecule has 0 aliphatic heterocycles. The van der Waals surface area contributed by atoms with Gasteiger partial charge < -0.3 is 20.5 Å². The second kappa shape index (κ2) is 12.9. The van der Waals surface area contributed by atoms with Gasteiger partial charge in [0.15, 0.2) is 0 Å². The van der Waals surface area contributed by atoms with Gasteiger partial charge >= 0.3 is 0 Å². The number of ether oxygens (including phenoxy) is 1. The minimum Gasteiger partial charge on any atom is -0.455 e. The SMILES string of the molecule is C/C(=C(\CCO)SC(=O)c1cc(Cl)ccc1Oc1ccccc1Br)N(C=O)Cc1cnc(C)nc1N. The van der Waals surface area contributed by atoms with Crippen molar-refractivity contribution in [3.8, 4) is 11.5 Å². The molecule has 11 heteroatoms. The van der Waals surface area contributed by atoms with Gasteiger partial charge in [-0.25, -0.2) is 9.97 Å². The number of aliphatic hydroxyl groups excluding tert-OH is 1. The molecule has 1 amide bonds. The van der Waals surface area contributed by atoms with Crippen LogP contribution in [0.4, 0.5) is 5.82 Å². The Morgan fingerprint density at radius 3 is 2.69 bits per heavy atom. The molecule has 0 saturated heterocycles. The number of aryl methyl sites for hydroxylation is 1. The van der Waals surface area contributed by atoms with E-state index in [4.69, 9.17) is 22.1 Å². The van der Waals surface area contributed by atoms with Crippen LogP contribution in [0.1, 0.15) is 35.1 Å². The van der Waals surface area contributed by atoms with Crippen molar-refractivity contribution in [3.05, 3.63) is 85.7 Å². The van der Waals surface area contributed by atoms with Gasteiger partial charge in [-0.15, -0.1) is 0 Å². The predicted octanol–water partition coefficient (Wildman–Crippen LogP) is 5.72. The van der Waals surface area contributed by atoms with Gasteiger partial charge in [0, 0.05) is 40.4 Å². The fourth-order valence-electron chi connectivity index (χ4n) is 3.18. The topological polar surface area (TPSA) is 119 Å². The van der Waals surface area contributed by atoms with Crippen LogP contribution in [0.3, 0.4) is 0 Å². The van der Waals surface area contributed by atoms with Crippen molar-refractivity contribution >= 4 is 56.6 Å². The number of nitrogens with two attached hydrogens (primary N) is 1. The molecule has 1 heterocycles. The van der Waals surface area contributed by atoms with Crippen LogP contribution in [0.15, 0.2) is 63.7 Å². The Labute approximate surface area is 226 Å². The maximum Gasteiger partial charge on any atom is 0.227 e. The summed E-state index contributed by atoms with van der Waals surface area (Å²) in [6, 6.07) is 12.0. The largest absolute Gasteiger partial charge is 0.455 e. The number of carbonyl (C=O) groups is 2. The number of nitrogen functional groups attached to an aromatic ring is 1. The molecule has 0 atom stereocenters. The van der Waals surface area contributed by atoms with Crippen LogP contribution in [0, 0.1) is 6.92 Å². The summed E-state index contributed by atoms with van der Waals surface area (Å²) in [6.07, 6.45) is 2.36. The van der Waals surface area contributed by atoms with Gasteiger partial charge in [-0.3, -0.25) is 9.59 Å². The number of rotatable bonds is 10. The van der Waals surface area contributed by atoms with Crippen LogP contribution in [0.5, 0.6) is 11.5 Å². The summed E-state index contributed by atoms with van der Waals surface area (Å²) in [4.78, 5) is 35.5. The lowest BCUT2D eigenvalue weighted by Gasteiger charge is -2.22. The van der Waals surface area contributed by atoms with Crippen LogP contribution in [-0.4, -0.2) is 38.1 Å². The Hall–Kier alpha value is -2.92. The standard InChI is InChI=1S/C25H24BrClN4O4S/c1-15(31(14-33)13-17-12-29-16(2)30-24(17)28)23(9-10-32)36-25(34)19-11-18(27)7-8-21(19)35-22-6-4-3-5-20(22)26/h3-8,11-12,14,32H,9-10,13H2,1-2H3,(H2,28,29,30)/b23-15-. The zero-order valence-corrected chi connectivity index (χ0v) is 22.7.